The molecule has 9 heteroatoms. The molecule has 1 aromatic rings. The zero-order chi connectivity index (χ0) is 17.2. The first kappa shape index (κ1) is 17.4. The lowest BCUT2D eigenvalue weighted by atomic mass is 10.0. The molecular formula is C14H17FN2O5S. The molecule has 1 saturated heterocycles. The van der Waals surface area contributed by atoms with Crippen LogP contribution in [0.15, 0.2) is 24.3 Å². The number of nitrogens with two attached hydrogens (primary N) is 1. The van der Waals surface area contributed by atoms with Gasteiger partial charge in [0.15, 0.2) is 0 Å². The van der Waals surface area contributed by atoms with Gasteiger partial charge < -0.3 is 10.0 Å². The van der Waals surface area contributed by atoms with Crippen molar-refractivity contribution in [3.63, 3.8) is 0 Å². The lowest BCUT2D eigenvalue weighted by Crippen LogP contribution is -2.44. The molecule has 2 atom stereocenters. The highest BCUT2D eigenvalue weighted by Crippen LogP contribution is 2.23. The number of likely N-dealkylation sites (tertiary alicyclic amines) is 1. The Morgan fingerprint density at radius 1 is 1.48 bits per heavy atom. The summed E-state index contributed by atoms with van der Waals surface area (Å²) in [5, 5.41) is 14.3. The van der Waals surface area contributed by atoms with E-state index >= 15 is 0 Å². The van der Waals surface area contributed by atoms with E-state index in [0.717, 1.165) is 4.90 Å². The maximum Gasteiger partial charge on any atom is 0.326 e. The summed E-state index contributed by atoms with van der Waals surface area (Å²) in [6, 6.07) is 4.30. The van der Waals surface area contributed by atoms with Crippen molar-refractivity contribution in [1.82, 2.24) is 4.90 Å². The molecule has 1 unspecified atom stereocenters. The smallest absolute Gasteiger partial charge is 0.326 e. The number of primary sulfonamides is 1. The van der Waals surface area contributed by atoms with Crippen molar-refractivity contribution >= 4 is 21.9 Å². The van der Waals surface area contributed by atoms with E-state index in [9.17, 15) is 27.5 Å². The Bertz CT molecular complexity index is 722. The topological polar surface area (TPSA) is 118 Å². The fourth-order valence-electron chi connectivity index (χ4n) is 2.77. The third-order valence-electron chi connectivity index (χ3n) is 3.69. The SMILES string of the molecule is NS(=O)(=O)CC1CC(=O)N([C@@H](Cc2cccc(F)c2)C(=O)O)C1. The van der Waals surface area contributed by atoms with Crippen LogP contribution in [0.5, 0.6) is 0 Å². The largest absolute Gasteiger partial charge is 0.480 e. The van der Waals surface area contributed by atoms with E-state index in [2.05, 4.69) is 0 Å². The fraction of sp³-hybridized carbons (Fsp3) is 0.429. The molecule has 23 heavy (non-hydrogen) atoms. The van der Waals surface area contributed by atoms with Gasteiger partial charge in [-0.2, -0.15) is 0 Å². The summed E-state index contributed by atoms with van der Waals surface area (Å²) >= 11 is 0. The van der Waals surface area contributed by atoms with Crippen molar-refractivity contribution in [2.45, 2.75) is 18.9 Å². The number of rotatable bonds is 6. The number of carbonyl (C=O) groups excluding carboxylic acids is 1. The zero-order valence-electron chi connectivity index (χ0n) is 12.2. The molecule has 0 aromatic heterocycles. The van der Waals surface area contributed by atoms with Gasteiger partial charge in [0, 0.05) is 25.3 Å². The van der Waals surface area contributed by atoms with Crippen molar-refractivity contribution in [1.29, 1.82) is 0 Å². The predicted octanol–water partition coefficient (Wildman–Crippen LogP) is -0.0416. The van der Waals surface area contributed by atoms with Gasteiger partial charge in [0.05, 0.1) is 5.75 Å². The van der Waals surface area contributed by atoms with Crippen LogP contribution in [-0.2, 0) is 26.0 Å². The van der Waals surface area contributed by atoms with Crippen LogP contribution in [0.4, 0.5) is 4.39 Å². The van der Waals surface area contributed by atoms with Crippen LogP contribution in [0.1, 0.15) is 12.0 Å². The van der Waals surface area contributed by atoms with Crippen LogP contribution in [-0.4, -0.2) is 48.6 Å². The van der Waals surface area contributed by atoms with Crippen LogP contribution in [0, 0.1) is 11.7 Å². The monoisotopic (exact) mass is 344 g/mol. The number of benzene rings is 1. The summed E-state index contributed by atoms with van der Waals surface area (Å²) in [4.78, 5) is 24.6. The average Bonchev–Trinajstić information content (AvgIpc) is 2.74. The molecule has 0 bridgehead atoms. The van der Waals surface area contributed by atoms with Crippen molar-refractivity contribution in [2.24, 2.45) is 11.1 Å². The van der Waals surface area contributed by atoms with Gasteiger partial charge in [-0.1, -0.05) is 12.1 Å². The number of carboxylic acids is 1. The zero-order valence-corrected chi connectivity index (χ0v) is 13.0. The molecule has 7 nitrogen and oxygen atoms in total. The second-order valence-corrected chi connectivity index (χ2v) is 7.29. The van der Waals surface area contributed by atoms with E-state index in [1.54, 1.807) is 6.07 Å². The van der Waals surface area contributed by atoms with Gasteiger partial charge in [-0.05, 0) is 17.7 Å². The molecule has 1 heterocycles. The molecule has 0 saturated carbocycles. The number of nitrogens with zero attached hydrogens (tertiary/aromatic N) is 1. The van der Waals surface area contributed by atoms with E-state index in [1.807, 2.05) is 0 Å². The molecule has 1 fully saturated rings. The summed E-state index contributed by atoms with van der Waals surface area (Å²) in [5.74, 6) is -3.07. The molecule has 0 radical (unpaired) electrons. The van der Waals surface area contributed by atoms with Gasteiger partial charge in [-0.3, -0.25) is 4.79 Å². The Hall–Kier alpha value is -2.00. The first-order valence-electron chi connectivity index (χ1n) is 6.93. The number of halogens is 1. The Kier molecular flexibility index (Phi) is 5.00. The second kappa shape index (κ2) is 6.63. The van der Waals surface area contributed by atoms with E-state index in [0.29, 0.717) is 5.56 Å². The number of carboxylic acid groups (broad SMARTS) is 1. The summed E-state index contributed by atoms with van der Waals surface area (Å²) in [6.07, 6.45) is -0.121. The van der Waals surface area contributed by atoms with Crippen LogP contribution >= 0.6 is 0 Å². The molecule has 1 amide bonds. The maximum atomic E-state index is 13.2. The van der Waals surface area contributed by atoms with E-state index in [-0.39, 0.29) is 25.1 Å². The lowest BCUT2D eigenvalue weighted by molar-refractivity contribution is -0.148. The van der Waals surface area contributed by atoms with Gasteiger partial charge >= 0.3 is 5.97 Å². The summed E-state index contributed by atoms with van der Waals surface area (Å²) < 4.78 is 35.5. The minimum atomic E-state index is -3.74. The molecule has 0 aliphatic carbocycles. The Morgan fingerprint density at radius 3 is 2.74 bits per heavy atom. The molecule has 2 rings (SSSR count). The van der Waals surface area contributed by atoms with Crippen LogP contribution in [0.3, 0.4) is 0 Å². The lowest BCUT2D eigenvalue weighted by Gasteiger charge is -2.24. The highest BCUT2D eigenvalue weighted by molar-refractivity contribution is 7.89. The molecular weight excluding hydrogens is 327 g/mol. The molecule has 1 aliphatic rings. The minimum Gasteiger partial charge on any atom is -0.480 e. The van der Waals surface area contributed by atoms with E-state index < -0.39 is 39.7 Å². The molecule has 3 N–H and O–H groups in total. The fourth-order valence-corrected chi connectivity index (χ4v) is 3.65. The third kappa shape index (κ3) is 4.73. The van der Waals surface area contributed by atoms with Crippen molar-refractivity contribution in [2.75, 3.05) is 12.3 Å². The molecule has 1 aromatic carbocycles. The summed E-state index contributed by atoms with van der Waals surface area (Å²) in [7, 11) is -3.74. The highest BCUT2D eigenvalue weighted by Gasteiger charge is 2.38. The first-order chi connectivity index (χ1) is 10.7. The Morgan fingerprint density at radius 2 is 2.17 bits per heavy atom. The number of hydrogen-bond acceptors (Lipinski definition) is 4. The number of carbonyl (C=O) groups is 2. The number of aliphatic carboxylic acids is 1. The number of sulfonamides is 1. The van der Waals surface area contributed by atoms with Crippen LogP contribution < -0.4 is 5.14 Å². The van der Waals surface area contributed by atoms with Crippen molar-refractivity contribution < 1.29 is 27.5 Å². The quantitative estimate of drug-likeness (QED) is 0.751. The average molecular weight is 344 g/mol. The van der Waals surface area contributed by atoms with Gasteiger partial charge in [-0.15, -0.1) is 0 Å². The molecule has 126 valence electrons. The van der Waals surface area contributed by atoms with Gasteiger partial charge in [0.1, 0.15) is 11.9 Å². The van der Waals surface area contributed by atoms with Crippen LogP contribution in [0.25, 0.3) is 0 Å². The Balaban J connectivity index is 2.15. The van der Waals surface area contributed by atoms with Gasteiger partial charge in [0.25, 0.3) is 0 Å². The first-order valence-corrected chi connectivity index (χ1v) is 8.64. The van der Waals surface area contributed by atoms with Gasteiger partial charge in [0.2, 0.25) is 15.9 Å². The van der Waals surface area contributed by atoms with E-state index in [4.69, 9.17) is 5.14 Å². The normalized spacial score (nSPS) is 19.8. The summed E-state index contributed by atoms with van der Waals surface area (Å²) in [6.45, 7) is 0.00153. The summed E-state index contributed by atoms with van der Waals surface area (Å²) in [5.41, 5.74) is 0.445. The van der Waals surface area contributed by atoms with Crippen molar-refractivity contribution in [3.05, 3.63) is 35.6 Å². The predicted molar refractivity (Wildman–Crippen MR) is 79.3 cm³/mol. The van der Waals surface area contributed by atoms with E-state index in [1.165, 1.54) is 18.2 Å². The van der Waals surface area contributed by atoms with Crippen LogP contribution in [0.2, 0.25) is 0 Å². The standard InChI is InChI=1S/C14H17FN2O5S/c15-11-3-1-2-9(4-11)5-12(14(19)20)17-7-10(6-13(17)18)8-23(16,21)22/h1-4,10,12H,5-8H2,(H,19,20)(H2,16,21,22)/t10?,12-/m0/s1. The maximum absolute atomic E-state index is 13.2. The number of amides is 1. The Labute approximate surface area is 132 Å². The minimum absolute atomic E-state index is 0.00153. The number of hydrogen-bond donors (Lipinski definition) is 2. The second-order valence-electron chi connectivity index (χ2n) is 5.63. The van der Waals surface area contributed by atoms with Gasteiger partial charge in [-0.25, -0.2) is 22.7 Å². The third-order valence-corrected chi connectivity index (χ3v) is 4.62. The van der Waals surface area contributed by atoms with Crippen molar-refractivity contribution in [3.8, 4) is 0 Å². The highest BCUT2D eigenvalue weighted by atomic mass is 32.2. The molecule has 1 aliphatic heterocycles. The molecule has 0 spiro atoms.